The number of aryl methyl sites for hydroxylation is 1. The number of anilines is 4. The van der Waals surface area contributed by atoms with Crippen LogP contribution in [0.4, 0.5) is 22.9 Å². The molecule has 6 nitrogen and oxygen atoms in total. The maximum atomic E-state index is 11.7. The number of nitrogens with two attached hydrogens (primary N) is 1. The van der Waals surface area contributed by atoms with Crippen LogP contribution in [-0.4, -0.2) is 22.2 Å². The number of nitrogens with zero attached hydrogens (tertiary/aromatic N) is 3. The molecule has 1 aromatic carbocycles. The summed E-state index contributed by atoms with van der Waals surface area (Å²) in [4.78, 5) is 13.5. The SMILES string of the molecule is Cn1cc(N)c(N2CC(=O)Nc3ccccc32)n1. The van der Waals surface area contributed by atoms with Gasteiger partial charge in [0, 0.05) is 13.2 Å². The van der Waals surface area contributed by atoms with Crippen molar-refractivity contribution in [1.29, 1.82) is 0 Å². The van der Waals surface area contributed by atoms with Crippen LogP contribution in [0.15, 0.2) is 30.5 Å². The lowest BCUT2D eigenvalue weighted by Gasteiger charge is -2.29. The van der Waals surface area contributed by atoms with E-state index >= 15 is 0 Å². The quantitative estimate of drug-likeness (QED) is 0.786. The Morgan fingerprint density at radius 1 is 1.39 bits per heavy atom. The molecule has 0 unspecified atom stereocenters. The Kier molecular flexibility index (Phi) is 2.22. The predicted molar refractivity (Wildman–Crippen MR) is 69.7 cm³/mol. The van der Waals surface area contributed by atoms with Gasteiger partial charge in [0.2, 0.25) is 5.91 Å². The Morgan fingerprint density at radius 3 is 2.89 bits per heavy atom. The lowest BCUT2D eigenvalue weighted by atomic mass is 10.2. The highest BCUT2D eigenvalue weighted by molar-refractivity contribution is 6.03. The lowest BCUT2D eigenvalue weighted by molar-refractivity contribution is -0.115. The molecule has 1 aliphatic rings. The van der Waals surface area contributed by atoms with E-state index in [1.165, 1.54) is 0 Å². The highest BCUT2D eigenvalue weighted by Gasteiger charge is 2.25. The molecule has 3 N–H and O–H groups in total. The summed E-state index contributed by atoms with van der Waals surface area (Å²) in [5.41, 5.74) is 8.16. The van der Waals surface area contributed by atoms with Crippen LogP contribution in [0, 0.1) is 0 Å². The summed E-state index contributed by atoms with van der Waals surface area (Å²) in [6.45, 7) is 0.220. The van der Waals surface area contributed by atoms with Crippen LogP contribution in [0.25, 0.3) is 0 Å². The minimum absolute atomic E-state index is 0.0706. The fourth-order valence-corrected chi connectivity index (χ4v) is 2.13. The topological polar surface area (TPSA) is 76.2 Å². The first-order valence-electron chi connectivity index (χ1n) is 5.60. The van der Waals surface area contributed by atoms with Gasteiger partial charge in [-0.05, 0) is 12.1 Å². The number of aromatic nitrogens is 2. The third kappa shape index (κ3) is 1.58. The third-order valence-corrected chi connectivity index (χ3v) is 2.86. The summed E-state index contributed by atoms with van der Waals surface area (Å²) in [5.74, 6) is 0.540. The van der Waals surface area contributed by atoms with Gasteiger partial charge in [-0.1, -0.05) is 12.1 Å². The van der Waals surface area contributed by atoms with E-state index in [1.54, 1.807) is 17.9 Å². The Balaban J connectivity index is 2.13. The van der Waals surface area contributed by atoms with Crippen molar-refractivity contribution in [3.8, 4) is 0 Å². The number of fused-ring (bicyclic) bond motifs is 1. The molecular formula is C12H13N5O. The molecule has 0 spiro atoms. The van der Waals surface area contributed by atoms with Gasteiger partial charge >= 0.3 is 0 Å². The normalized spacial score (nSPS) is 14.3. The van der Waals surface area contributed by atoms with Crippen molar-refractivity contribution >= 4 is 28.8 Å². The van der Waals surface area contributed by atoms with Gasteiger partial charge in [-0.25, -0.2) is 0 Å². The Labute approximate surface area is 104 Å². The first kappa shape index (κ1) is 10.6. The number of hydrogen-bond donors (Lipinski definition) is 2. The average molecular weight is 243 g/mol. The molecule has 1 aromatic heterocycles. The molecule has 2 heterocycles. The molecule has 6 heteroatoms. The van der Waals surface area contributed by atoms with Crippen LogP contribution in [0.3, 0.4) is 0 Å². The van der Waals surface area contributed by atoms with Crippen molar-refractivity contribution in [1.82, 2.24) is 9.78 Å². The largest absolute Gasteiger partial charge is 0.394 e. The molecule has 0 fully saturated rings. The molecule has 92 valence electrons. The Bertz CT molecular complexity index is 619. The highest BCUT2D eigenvalue weighted by atomic mass is 16.2. The van der Waals surface area contributed by atoms with E-state index < -0.39 is 0 Å². The first-order valence-corrected chi connectivity index (χ1v) is 5.60. The summed E-state index contributed by atoms with van der Waals surface area (Å²) in [6, 6.07) is 7.59. The number of para-hydroxylation sites is 2. The number of hydrogen-bond acceptors (Lipinski definition) is 4. The fourth-order valence-electron chi connectivity index (χ4n) is 2.13. The fraction of sp³-hybridized carbons (Fsp3) is 0.167. The number of benzene rings is 1. The van der Waals surface area contributed by atoms with Crippen LogP contribution >= 0.6 is 0 Å². The van der Waals surface area contributed by atoms with Gasteiger partial charge in [0.05, 0.1) is 17.1 Å². The van der Waals surface area contributed by atoms with Crippen molar-refractivity contribution in [2.45, 2.75) is 0 Å². The van der Waals surface area contributed by atoms with Crippen LogP contribution in [0.2, 0.25) is 0 Å². The zero-order valence-electron chi connectivity index (χ0n) is 9.92. The van der Waals surface area contributed by atoms with Gasteiger partial charge in [-0.2, -0.15) is 5.10 Å². The molecule has 0 aliphatic carbocycles. The molecule has 0 saturated heterocycles. The zero-order chi connectivity index (χ0) is 12.7. The molecule has 0 radical (unpaired) electrons. The molecule has 1 amide bonds. The van der Waals surface area contributed by atoms with Gasteiger partial charge < -0.3 is 16.0 Å². The number of nitrogens with one attached hydrogen (secondary N) is 1. The Hall–Kier alpha value is -2.50. The van der Waals surface area contributed by atoms with Gasteiger partial charge in [0.1, 0.15) is 6.54 Å². The highest BCUT2D eigenvalue weighted by Crippen LogP contribution is 2.36. The van der Waals surface area contributed by atoms with Crippen LogP contribution < -0.4 is 16.0 Å². The number of amides is 1. The van der Waals surface area contributed by atoms with E-state index in [0.717, 1.165) is 11.4 Å². The van der Waals surface area contributed by atoms with E-state index in [-0.39, 0.29) is 12.5 Å². The lowest BCUT2D eigenvalue weighted by Crippen LogP contribution is -2.35. The van der Waals surface area contributed by atoms with E-state index in [9.17, 15) is 4.79 Å². The standard InChI is InChI=1S/C12H13N5O/c1-16-6-8(13)12(15-16)17-7-11(18)14-9-4-2-3-5-10(9)17/h2-6H,7,13H2,1H3,(H,14,18). The van der Waals surface area contributed by atoms with Crippen molar-refractivity contribution in [3.63, 3.8) is 0 Å². The molecule has 0 bridgehead atoms. The molecule has 2 aromatic rings. The molecule has 1 aliphatic heterocycles. The molecular weight excluding hydrogens is 230 g/mol. The first-order chi connectivity index (χ1) is 8.65. The summed E-state index contributed by atoms with van der Waals surface area (Å²) < 4.78 is 1.64. The second-order valence-electron chi connectivity index (χ2n) is 4.23. The van der Waals surface area contributed by atoms with E-state index in [0.29, 0.717) is 11.5 Å². The van der Waals surface area contributed by atoms with Crippen molar-refractivity contribution < 1.29 is 4.79 Å². The van der Waals surface area contributed by atoms with Crippen LogP contribution in [0.5, 0.6) is 0 Å². The second kappa shape index (κ2) is 3.76. The Morgan fingerprint density at radius 2 is 2.17 bits per heavy atom. The molecule has 3 rings (SSSR count). The van der Waals surface area contributed by atoms with Gasteiger partial charge in [-0.15, -0.1) is 0 Å². The molecule has 18 heavy (non-hydrogen) atoms. The summed E-state index contributed by atoms with van der Waals surface area (Å²) in [7, 11) is 1.80. The number of carbonyl (C=O) groups excluding carboxylic acids is 1. The maximum Gasteiger partial charge on any atom is 0.244 e. The summed E-state index contributed by atoms with van der Waals surface area (Å²) in [5, 5.41) is 7.13. The second-order valence-corrected chi connectivity index (χ2v) is 4.23. The van der Waals surface area contributed by atoms with Crippen molar-refractivity contribution in [3.05, 3.63) is 30.5 Å². The van der Waals surface area contributed by atoms with Gasteiger partial charge in [0.25, 0.3) is 0 Å². The summed E-state index contributed by atoms with van der Waals surface area (Å²) in [6.07, 6.45) is 1.73. The van der Waals surface area contributed by atoms with E-state index in [1.807, 2.05) is 29.2 Å². The smallest absolute Gasteiger partial charge is 0.244 e. The van der Waals surface area contributed by atoms with Crippen LogP contribution in [0.1, 0.15) is 0 Å². The van der Waals surface area contributed by atoms with E-state index in [4.69, 9.17) is 5.73 Å². The average Bonchev–Trinajstić information content (AvgIpc) is 2.67. The number of carbonyl (C=O) groups is 1. The van der Waals surface area contributed by atoms with Gasteiger partial charge in [0.15, 0.2) is 5.82 Å². The number of rotatable bonds is 1. The third-order valence-electron chi connectivity index (χ3n) is 2.86. The molecule has 0 atom stereocenters. The monoisotopic (exact) mass is 243 g/mol. The van der Waals surface area contributed by atoms with Gasteiger partial charge in [-0.3, -0.25) is 9.48 Å². The van der Waals surface area contributed by atoms with E-state index in [2.05, 4.69) is 10.4 Å². The van der Waals surface area contributed by atoms with Crippen LogP contribution in [-0.2, 0) is 11.8 Å². The zero-order valence-corrected chi connectivity index (χ0v) is 9.92. The number of nitrogen functional groups attached to an aromatic ring is 1. The predicted octanol–water partition coefficient (Wildman–Crippen LogP) is 1.09. The maximum absolute atomic E-state index is 11.7. The summed E-state index contributed by atoms with van der Waals surface area (Å²) >= 11 is 0. The van der Waals surface area contributed by atoms with Crippen molar-refractivity contribution in [2.24, 2.45) is 7.05 Å². The van der Waals surface area contributed by atoms with Crippen molar-refractivity contribution in [2.75, 3.05) is 22.5 Å². The minimum atomic E-state index is -0.0706. The minimum Gasteiger partial charge on any atom is -0.394 e. The molecule has 0 saturated carbocycles.